The van der Waals surface area contributed by atoms with Crippen molar-refractivity contribution < 1.29 is 17.6 Å². The molecular weight excluding hydrogens is 348 g/mol. The first-order valence-corrected chi connectivity index (χ1v) is 8.51. The Morgan fingerprint density at radius 3 is 2.65 bits per heavy atom. The van der Waals surface area contributed by atoms with E-state index in [9.17, 15) is 8.42 Å². The zero-order valence-electron chi connectivity index (χ0n) is 12.1. The van der Waals surface area contributed by atoms with Crippen molar-refractivity contribution in [1.29, 1.82) is 0 Å². The highest BCUT2D eigenvalue weighted by Crippen LogP contribution is 2.27. The number of furan rings is 1. The van der Waals surface area contributed by atoms with Crippen LogP contribution in [0.1, 0.15) is 26.5 Å². The van der Waals surface area contributed by atoms with Crippen molar-refractivity contribution >= 4 is 26.0 Å². The second-order valence-corrected chi connectivity index (χ2v) is 7.42. The molecule has 0 aliphatic carbocycles. The third-order valence-electron chi connectivity index (χ3n) is 2.46. The highest BCUT2D eigenvalue weighted by molar-refractivity contribution is 9.10. The van der Waals surface area contributed by atoms with Crippen LogP contribution in [0.3, 0.4) is 0 Å². The summed E-state index contributed by atoms with van der Waals surface area (Å²) in [7, 11) is -2.15. The minimum absolute atomic E-state index is 0.0922. The Hall–Kier alpha value is -0.410. The van der Waals surface area contributed by atoms with Crippen LogP contribution in [0.4, 0.5) is 0 Å². The maximum atomic E-state index is 12.4. The predicted molar refractivity (Wildman–Crippen MR) is 80.1 cm³/mol. The number of hydrogen-bond acceptors (Lipinski definition) is 5. The first-order valence-electron chi connectivity index (χ1n) is 6.23. The lowest BCUT2D eigenvalue weighted by Crippen LogP contribution is -2.46. The molecule has 0 bridgehead atoms. The molecule has 0 aromatic carbocycles. The number of sulfonamides is 1. The highest BCUT2D eigenvalue weighted by atomic mass is 79.9. The lowest BCUT2D eigenvalue weighted by molar-refractivity contribution is 0.141. The van der Waals surface area contributed by atoms with Gasteiger partial charge in [-0.3, -0.25) is 0 Å². The van der Waals surface area contributed by atoms with E-state index in [1.54, 1.807) is 13.8 Å². The molecule has 0 aliphatic rings. The Morgan fingerprint density at radius 2 is 2.10 bits per heavy atom. The van der Waals surface area contributed by atoms with Crippen molar-refractivity contribution in [1.82, 2.24) is 10.0 Å². The molecule has 0 saturated heterocycles. The van der Waals surface area contributed by atoms with Crippen molar-refractivity contribution in [2.75, 3.05) is 20.3 Å². The Morgan fingerprint density at radius 1 is 1.45 bits per heavy atom. The SMILES string of the molecule is CCNCc1cc(S(=O)(=O)NC(C)(C)COC)c(Br)o1. The first kappa shape index (κ1) is 17.6. The molecular formula is C12H21BrN2O4S. The summed E-state index contributed by atoms with van der Waals surface area (Å²) in [4.78, 5) is 0.0922. The number of methoxy groups -OCH3 is 1. The minimum Gasteiger partial charge on any atom is -0.452 e. The number of halogens is 1. The molecule has 1 rings (SSSR count). The van der Waals surface area contributed by atoms with Gasteiger partial charge < -0.3 is 14.5 Å². The molecule has 2 N–H and O–H groups in total. The molecule has 116 valence electrons. The van der Waals surface area contributed by atoms with Crippen molar-refractivity contribution in [2.24, 2.45) is 0 Å². The van der Waals surface area contributed by atoms with Crippen molar-refractivity contribution in [3.05, 3.63) is 16.5 Å². The molecule has 1 aromatic heterocycles. The van der Waals surface area contributed by atoms with Crippen LogP contribution in [0.25, 0.3) is 0 Å². The van der Waals surface area contributed by atoms with Gasteiger partial charge in [0.15, 0.2) is 4.67 Å². The van der Waals surface area contributed by atoms with Crippen molar-refractivity contribution in [2.45, 2.75) is 37.8 Å². The largest absolute Gasteiger partial charge is 0.452 e. The van der Waals surface area contributed by atoms with Crippen LogP contribution in [-0.4, -0.2) is 34.2 Å². The second kappa shape index (κ2) is 7.04. The van der Waals surface area contributed by atoms with Crippen molar-refractivity contribution in [3.8, 4) is 0 Å². The standard InChI is InChI=1S/C12H21BrN2O4S/c1-5-14-7-9-6-10(11(13)19-9)20(16,17)15-12(2,3)8-18-4/h6,14-15H,5,7-8H2,1-4H3. The van der Waals surface area contributed by atoms with Gasteiger partial charge in [-0.1, -0.05) is 6.92 Å². The Labute approximate surface area is 128 Å². The normalized spacial score (nSPS) is 12.8. The molecule has 0 unspecified atom stereocenters. The molecule has 0 amide bonds. The zero-order chi connectivity index (χ0) is 15.4. The monoisotopic (exact) mass is 368 g/mol. The van der Waals surface area contributed by atoms with E-state index in [1.165, 1.54) is 13.2 Å². The molecule has 0 radical (unpaired) electrons. The minimum atomic E-state index is -3.67. The van der Waals surface area contributed by atoms with Gasteiger partial charge in [-0.15, -0.1) is 0 Å². The highest BCUT2D eigenvalue weighted by Gasteiger charge is 2.29. The molecule has 6 nitrogen and oxygen atoms in total. The fourth-order valence-corrected chi connectivity index (χ4v) is 4.12. The Bertz CT molecular complexity index is 540. The third-order valence-corrected chi connectivity index (χ3v) is 5.02. The summed E-state index contributed by atoms with van der Waals surface area (Å²) in [5.74, 6) is 0.559. The fraction of sp³-hybridized carbons (Fsp3) is 0.667. The molecule has 8 heteroatoms. The van der Waals surface area contributed by atoms with Crippen molar-refractivity contribution in [3.63, 3.8) is 0 Å². The van der Waals surface area contributed by atoms with E-state index in [0.29, 0.717) is 12.3 Å². The van der Waals surface area contributed by atoms with E-state index in [-0.39, 0.29) is 16.2 Å². The van der Waals surface area contributed by atoms with Gasteiger partial charge in [-0.25, -0.2) is 13.1 Å². The number of ether oxygens (including phenoxy) is 1. The van der Waals surface area contributed by atoms with E-state index in [2.05, 4.69) is 26.0 Å². The van der Waals surface area contributed by atoms with E-state index >= 15 is 0 Å². The molecule has 1 heterocycles. The molecule has 20 heavy (non-hydrogen) atoms. The average molecular weight is 369 g/mol. The van der Waals surface area contributed by atoms with Crippen LogP contribution in [0.5, 0.6) is 0 Å². The topological polar surface area (TPSA) is 80.6 Å². The number of rotatable bonds is 8. The molecule has 0 fully saturated rings. The molecule has 0 spiro atoms. The fourth-order valence-electron chi connectivity index (χ4n) is 1.73. The second-order valence-electron chi connectivity index (χ2n) is 5.05. The lowest BCUT2D eigenvalue weighted by atomic mass is 10.1. The van der Waals surface area contributed by atoms with Gasteiger partial charge >= 0.3 is 0 Å². The summed E-state index contributed by atoms with van der Waals surface area (Å²) in [5, 5.41) is 3.08. The maximum absolute atomic E-state index is 12.4. The summed E-state index contributed by atoms with van der Waals surface area (Å²) < 4.78 is 37.9. The van der Waals surface area contributed by atoms with Crippen LogP contribution in [0.2, 0.25) is 0 Å². The smallest absolute Gasteiger partial charge is 0.245 e. The van der Waals surface area contributed by atoms with Gasteiger partial charge in [0.05, 0.1) is 18.7 Å². The van der Waals surface area contributed by atoms with Crippen LogP contribution >= 0.6 is 15.9 Å². The van der Waals surface area contributed by atoms with Crippen LogP contribution in [0.15, 0.2) is 20.0 Å². The Balaban J connectivity index is 2.95. The third kappa shape index (κ3) is 4.85. The van der Waals surface area contributed by atoms with E-state index in [4.69, 9.17) is 9.15 Å². The molecule has 0 saturated carbocycles. The van der Waals surface area contributed by atoms with E-state index in [1.807, 2.05) is 6.92 Å². The number of hydrogen-bond donors (Lipinski definition) is 2. The van der Waals surface area contributed by atoms with Gasteiger partial charge in [0.2, 0.25) is 10.0 Å². The van der Waals surface area contributed by atoms with Gasteiger partial charge in [0, 0.05) is 13.2 Å². The summed E-state index contributed by atoms with van der Waals surface area (Å²) in [6.07, 6.45) is 0. The van der Waals surface area contributed by atoms with Gasteiger partial charge in [0.1, 0.15) is 10.7 Å². The zero-order valence-corrected chi connectivity index (χ0v) is 14.5. The summed E-state index contributed by atoms with van der Waals surface area (Å²) in [6.45, 7) is 6.99. The van der Waals surface area contributed by atoms with Gasteiger partial charge in [-0.05, 0) is 36.3 Å². The van der Waals surface area contributed by atoms with E-state index < -0.39 is 15.6 Å². The summed E-state index contributed by atoms with van der Waals surface area (Å²) in [6, 6.07) is 1.51. The summed E-state index contributed by atoms with van der Waals surface area (Å²) >= 11 is 3.15. The van der Waals surface area contributed by atoms with E-state index in [0.717, 1.165) is 6.54 Å². The predicted octanol–water partition coefficient (Wildman–Crippen LogP) is 1.85. The van der Waals surface area contributed by atoms with Crippen LogP contribution < -0.4 is 10.0 Å². The maximum Gasteiger partial charge on any atom is 0.245 e. The molecule has 0 atom stereocenters. The first-order chi connectivity index (χ1) is 9.22. The molecule has 0 aliphatic heterocycles. The lowest BCUT2D eigenvalue weighted by Gasteiger charge is -2.24. The average Bonchev–Trinajstić information content (AvgIpc) is 2.67. The van der Waals surface area contributed by atoms with Gasteiger partial charge in [0.25, 0.3) is 0 Å². The van der Waals surface area contributed by atoms with Gasteiger partial charge in [-0.2, -0.15) is 0 Å². The quantitative estimate of drug-likeness (QED) is 0.731. The summed E-state index contributed by atoms with van der Waals surface area (Å²) in [5.41, 5.74) is -0.702. The molecule has 1 aromatic rings. The Kier molecular flexibility index (Phi) is 6.21. The number of nitrogens with one attached hydrogen (secondary N) is 2. The van der Waals surface area contributed by atoms with Crippen LogP contribution in [-0.2, 0) is 21.3 Å². The van der Waals surface area contributed by atoms with Crippen LogP contribution in [0, 0.1) is 0 Å².